The fourth-order valence-electron chi connectivity index (χ4n) is 2.06. The molecular weight excluding hydrogens is 220 g/mol. The Morgan fingerprint density at radius 3 is 2.11 bits per heavy atom. The van der Waals surface area contributed by atoms with Gasteiger partial charge in [-0.3, -0.25) is 4.90 Å². The van der Waals surface area contributed by atoms with Gasteiger partial charge in [0.2, 0.25) is 0 Å². The number of hydrogen-bond acceptors (Lipinski definition) is 2. The molecule has 0 saturated carbocycles. The van der Waals surface area contributed by atoms with Gasteiger partial charge in [-0.05, 0) is 50.4 Å². The van der Waals surface area contributed by atoms with Crippen molar-refractivity contribution in [3.63, 3.8) is 0 Å². The molecule has 2 heteroatoms. The van der Waals surface area contributed by atoms with Gasteiger partial charge in [-0.15, -0.1) is 0 Å². The normalized spacial score (nSPS) is 11.8. The highest BCUT2D eigenvalue weighted by molar-refractivity contribution is 5.24. The van der Waals surface area contributed by atoms with Crippen LogP contribution in [0.25, 0.3) is 0 Å². The third-order valence-electron chi connectivity index (χ3n) is 3.41. The van der Waals surface area contributed by atoms with E-state index in [1.807, 2.05) is 0 Å². The molecule has 0 bridgehead atoms. The highest BCUT2D eigenvalue weighted by Gasteiger charge is 2.09. The molecule has 0 radical (unpaired) electrons. The maximum absolute atomic E-state index is 5.60. The van der Waals surface area contributed by atoms with E-state index in [-0.39, 0.29) is 0 Å². The van der Waals surface area contributed by atoms with Crippen molar-refractivity contribution >= 4 is 0 Å². The molecule has 0 aliphatic heterocycles. The number of rotatable bonds is 7. The SMILES string of the molecule is CC(C)c1ccc(CN(CCCN)C(C)C)cc1. The minimum absolute atomic E-state index is 0.571. The van der Waals surface area contributed by atoms with Gasteiger partial charge in [-0.1, -0.05) is 38.1 Å². The summed E-state index contributed by atoms with van der Waals surface area (Å²) in [6.45, 7) is 11.8. The lowest BCUT2D eigenvalue weighted by Gasteiger charge is -2.26. The van der Waals surface area contributed by atoms with E-state index in [0.29, 0.717) is 12.0 Å². The minimum atomic E-state index is 0.571. The summed E-state index contributed by atoms with van der Waals surface area (Å²) >= 11 is 0. The summed E-state index contributed by atoms with van der Waals surface area (Å²) in [6.07, 6.45) is 1.07. The lowest BCUT2D eigenvalue weighted by Crippen LogP contribution is -2.32. The molecule has 0 heterocycles. The van der Waals surface area contributed by atoms with Crippen molar-refractivity contribution in [2.24, 2.45) is 5.73 Å². The van der Waals surface area contributed by atoms with Crippen LogP contribution in [0.5, 0.6) is 0 Å². The molecule has 0 aliphatic carbocycles. The van der Waals surface area contributed by atoms with Crippen LogP contribution in [0, 0.1) is 0 Å². The van der Waals surface area contributed by atoms with E-state index in [9.17, 15) is 0 Å². The summed E-state index contributed by atoms with van der Waals surface area (Å²) in [5.74, 6) is 0.609. The maximum Gasteiger partial charge on any atom is 0.0236 e. The molecule has 0 unspecified atom stereocenters. The van der Waals surface area contributed by atoms with Gasteiger partial charge in [-0.2, -0.15) is 0 Å². The average Bonchev–Trinajstić information content (AvgIpc) is 2.34. The zero-order valence-corrected chi connectivity index (χ0v) is 12.3. The molecule has 0 aromatic heterocycles. The first-order valence-corrected chi connectivity index (χ1v) is 7.07. The molecule has 102 valence electrons. The molecule has 1 rings (SSSR count). The van der Waals surface area contributed by atoms with Crippen molar-refractivity contribution in [1.82, 2.24) is 4.90 Å². The monoisotopic (exact) mass is 248 g/mol. The quantitative estimate of drug-likeness (QED) is 0.801. The first-order valence-electron chi connectivity index (χ1n) is 7.07. The van der Waals surface area contributed by atoms with Gasteiger partial charge in [-0.25, -0.2) is 0 Å². The first kappa shape index (κ1) is 15.2. The molecule has 0 saturated heterocycles. The highest BCUT2D eigenvalue weighted by atomic mass is 15.1. The van der Waals surface area contributed by atoms with Crippen LogP contribution in [0.1, 0.15) is 51.2 Å². The highest BCUT2D eigenvalue weighted by Crippen LogP contribution is 2.16. The fraction of sp³-hybridized carbons (Fsp3) is 0.625. The number of hydrogen-bond donors (Lipinski definition) is 1. The van der Waals surface area contributed by atoms with E-state index in [4.69, 9.17) is 5.73 Å². The van der Waals surface area contributed by atoms with Crippen LogP contribution in [0.2, 0.25) is 0 Å². The van der Waals surface area contributed by atoms with E-state index < -0.39 is 0 Å². The van der Waals surface area contributed by atoms with Crippen LogP contribution in [-0.2, 0) is 6.54 Å². The topological polar surface area (TPSA) is 29.3 Å². The van der Waals surface area contributed by atoms with E-state index in [1.165, 1.54) is 11.1 Å². The van der Waals surface area contributed by atoms with Crippen molar-refractivity contribution in [3.05, 3.63) is 35.4 Å². The molecule has 0 amide bonds. The van der Waals surface area contributed by atoms with Gasteiger partial charge in [0.05, 0.1) is 0 Å². The van der Waals surface area contributed by atoms with Crippen molar-refractivity contribution in [1.29, 1.82) is 0 Å². The summed E-state index contributed by atoms with van der Waals surface area (Å²) in [5, 5.41) is 0. The van der Waals surface area contributed by atoms with E-state index in [2.05, 4.69) is 56.9 Å². The second-order valence-corrected chi connectivity index (χ2v) is 5.60. The van der Waals surface area contributed by atoms with Crippen molar-refractivity contribution in [2.75, 3.05) is 13.1 Å². The molecule has 18 heavy (non-hydrogen) atoms. The number of benzene rings is 1. The second kappa shape index (κ2) is 7.55. The zero-order valence-electron chi connectivity index (χ0n) is 12.3. The third kappa shape index (κ3) is 4.79. The summed E-state index contributed by atoms with van der Waals surface area (Å²) in [5.41, 5.74) is 8.40. The van der Waals surface area contributed by atoms with Gasteiger partial charge < -0.3 is 5.73 Å². The van der Waals surface area contributed by atoms with E-state index >= 15 is 0 Å². The molecule has 1 aromatic rings. The van der Waals surface area contributed by atoms with Gasteiger partial charge in [0.1, 0.15) is 0 Å². The molecular formula is C16H28N2. The van der Waals surface area contributed by atoms with Crippen molar-refractivity contribution in [2.45, 2.75) is 52.6 Å². The Hall–Kier alpha value is -0.860. The molecule has 0 atom stereocenters. The van der Waals surface area contributed by atoms with Gasteiger partial charge >= 0.3 is 0 Å². The fourth-order valence-corrected chi connectivity index (χ4v) is 2.06. The molecule has 0 spiro atoms. The standard InChI is InChI=1S/C16H28N2/c1-13(2)16-8-6-15(7-9-16)12-18(14(3)4)11-5-10-17/h6-9,13-14H,5,10-12,17H2,1-4H3. The predicted molar refractivity (Wildman–Crippen MR) is 79.7 cm³/mol. The zero-order chi connectivity index (χ0) is 13.5. The molecule has 0 fully saturated rings. The molecule has 1 aromatic carbocycles. The van der Waals surface area contributed by atoms with Gasteiger partial charge in [0, 0.05) is 12.6 Å². The molecule has 2 nitrogen and oxygen atoms in total. The van der Waals surface area contributed by atoms with Gasteiger partial charge in [0.15, 0.2) is 0 Å². The first-order chi connectivity index (χ1) is 8.54. The second-order valence-electron chi connectivity index (χ2n) is 5.60. The van der Waals surface area contributed by atoms with Gasteiger partial charge in [0.25, 0.3) is 0 Å². The lowest BCUT2D eigenvalue weighted by atomic mass is 10.0. The van der Waals surface area contributed by atoms with Crippen LogP contribution < -0.4 is 5.73 Å². The predicted octanol–water partition coefficient (Wildman–Crippen LogP) is 3.37. The van der Waals surface area contributed by atoms with Crippen LogP contribution in [0.4, 0.5) is 0 Å². The van der Waals surface area contributed by atoms with E-state index in [1.54, 1.807) is 0 Å². The molecule has 2 N–H and O–H groups in total. The van der Waals surface area contributed by atoms with E-state index in [0.717, 1.165) is 26.1 Å². The minimum Gasteiger partial charge on any atom is -0.330 e. The van der Waals surface area contributed by atoms with Crippen LogP contribution >= 0.6 is 0 Å². The Morgan fingerprint density at radius 1 is 1.06 bits per heavy atom. The Bertz CT molecular complexity index is 327. The largest absolute Gasteiger partial charge is 0.330 e. The number of nitrogens with two attached hydrogens (primary N) is 1. The van der Waals surface area contributed by atoms with Crippen molar-refractivity contribution in [3.8, 4) is 0 Å². The third-order valence-corrected chi connectivity index (χ3v) is 3.41. The number of nitrogens with zero attached hydrogens (tertiary/aromatic N) is 1. The van der Waals surface area contributed by atoms with Crippen molar-refractivity contribution < 1.29 is 0 Å². The van der Waals surface area contributed by atoms with Crippen LogP contribution in [0.15, 0.2) is 24.3 Å². The average molecular weight is 248 g/mol. The maximum atomic E-state index is 5.60. The van der Waals surface area contributed by atoms with Crippen LogP contribution in [-0.4, -0.2) is 24.0 Å². The Balaban J connectivity index is 2.63. The Labute approximate surface area is 112 Å². The summed E-state index contributed by atoms with van der Waals surface area (Å²) in [4.78, 5) is 2.48. The molecule has 0 aliphatic rings. The smallest absolute Gasteiger partial charge is 0.0236 e. The van der Waals surface area contributed by atoms with Crippen LogP contribution in [0.3, 0.4) is 0 Å². The lowest BCUT2D eigenvalue weighted by molar-refractivity contribution is 0.211. The summed E-state index contributed by atoms with van der Waals surface area (Å²) in [7, 11) is 0. The Kier molecular flexibility index (Phi) is 6.37. The Morgan fingerprint density at radius 2 is 1.67 bits per heavy atom. The summed E-state index contributed by atoms with van der Waals surface area (Å²) in [6, 6.07) is 9.59. The summed E-state index contributed by atoms with van der Waals surface area (Å²) < 4.78 is 0.